The molecule has 1 rings (SSSR count). The second-order valence-corrected chi connectivity index (χ2v) is 6.00. The van der Waals surface area contributed by atoms with Crippen molar-refractivity contribution in [1.82, 2.24) is 10.3 Å². The van der Waals surface area contributed by atoms with Crippen LogP contribution in [0.15, 0.2) is 12.3 Å². The van der Waals surface area contributed by atoms with Gasteiger partial charge in [-0.2, -0.15) is 0 Å². The summed E-state index contributed by atoms with van der Waals surface area (Å²) in [6.45, 7) is 11.8. The predicted octanol–water partition coefficient (Wildman–Crippen LogP) is 2.54. The Kier molecular flexibility index (Phi) is 4.52. The molecule has 1 atom stereocenters. The van der Waals surface area contributed by atoms with Crippen molar-refractivity contribution in [2.45, 2.75) is 46.6 Å². The highest BCUT2D eigenvalue weighted by Gasteiger charge is 2.12. The molecule has 1 heterocycles. The van der Waals surface area contributed by atoms with Crippen molar-refractivity contribution in [3.8, 4) is 0 Å². The van der Waals surface area contributed by atoms with Gasteiger partial charge in [-0.3, -0.25) is 0 Å². The fourth-order valence-electron chi connectivity index (χ4n) is 1.73. The number of anilines is 1. The Morgan fingerprint density at radius 2 is 2.06 bits per heavy atom. The first-order valence-electron chi connectivity index (χ1n) is 6.24. The maximum absolute atomic E-state index is 5.89. The minimum Gasteiger partial charge on any atom is -0.383 e. The lowest BCUT2D eigenvalue weighted by Crippen LogP contribution is -2.39. The van der Waals surface area contributed by atoms with Crippen LogP contribution in [-0.2, 0) is 6.42 Å². The molecule has 0 aliphatic carbocycles. The van der Waals surface area contributed by atoms with Crippen molar-refractivity contribution in [3.63, 3.8) is 0 Å². The van der Waals surface area contributed by atoms with Gasteiger partial charge in [-0.25, -0.2) is 4.98 Å². The number of aryl methyl sites for hydroxylation is 1. The van der Waals surface area contributed by atoms with Gasteiger partial charge in [0.2, 0.25) is 0 Å². The number of nitrogens with two attached hydrogens (primary N) is 1. The number of hydrogen-bond donors (Lipinski definition) is 2. The Balaban J connectivity index is 2.56. The lowest BCUT2D eigenvalue weighted by Gasteiger charge is -2.23. The summed E-state index contributed by atoms with van der Waals surface area (Å²) in [5.74, 6) is 1.22. The third-order valence-corrected chi connectivity index (χ3v) is 2.69. The Hall–Kier alpha value is -1.09. The van der Waals surface area contributed by atoms with E-state index in [1.807, 2.05) is 13.1 Å². The number of nitrogen functional groups attached to an aromatic ring is 1. The summed E-state index contributed by atoms with van der Waals surface area (Å²) in [4.78, 5) is 4.20. The first-order valence-corrected chi connectivity index (χ1v) is 6.24. The third kappa shape index (κ3) is 5.18. The summed E-state index contributed by atoms with van der Waals surface area (Å²) in [5.41, 5.74) is 8.39. The maximum atomic E-state index is 5.89. The Morgan fingerprint density at radius 1 is 1.41 bits per heavy atom. The molecule has 3 nitrogen and oxygen atoms in total. The molecule has 17 heavy (non-hydrogen) atoms. The number of nitrogens with zero attached hydrogens (tertiary/aromatic N) is 1. The Bertz CT molecular complexity index is 366. The van der Waals surface area contributed by atoms with E-state index < -0.39 is 0 Å². The fraction of sp³-hybridized carbons (Fsp3) is 0.643. The van der Waals surface area contributed by atoms with E-state index in [0.717, 1.165) is 18.5 Å². The lowest BCUT2D eigenvalue weighted by molar-refractivity contribution is 0.381. The summed E-state index contributed by atoms with van der Waals surface area (Å²) in [7, 11) is 0. The van der Waals surface area contributed by atoms with Crippen LogP contribution < -0.4 is 11.1 Å². The van der Waals surface area contributed by atoms with Crippen molar-refractivity contribution in [1.29, 1.82) is 0 Å². The molecule has 1 aromatic heterocycles. The second-order valence-electron chi connectivity index (χ2n) is 6.00. The first-order chi connectivity index (χ1) is 7.78. The average Bonchev–Trinajstić information content (AvgIpc) is 2.20. The van der Waals surface area contributed by atoms with E-state index in [9.17, 15) is 0 Å². The summed E-state index contributed by atoms with van der Waals surface area (Å²) in [5, 5.41) is 3.51. The summed E-state index contributed by atoms with van der Waals surface area (Å²) >= 11 is 0. The van der Waals surface area contributed by atoms with E-state index in [-0.39, 0.29) is 5.54 Å². The normalized spacial score (nSPS) is 13.7. The molecular weight excluding hydrogens is 210 g/mol. The topological polar surface area (TPSA) is 50.9 Å². The standard InChI is InChI=1S/C14H25N3/c1-10-6-12(13(15)16-8-10)7-11(2)9-17-14(3,4)5/h6,8,11,17H,7,9H2,1-5H3,(H2,15,16). The van der Waals surface area contributed by atoms with Gasteiger partial charge in [-0.1, -0.05) is 13.0 Å². The van der Waals surface area contributed by atoms with Crippen molar-refractivity contribution in [2.75, 3.05) is 12.3 Å². The molecule has 1 aromatic rings. The molecule has 0 fully saturated rings. The molecule has 0 saturated carbocycles. The maximum Gasteiger partial charge on any atom is 0.126 e. The highest BCUT2D eigenvalue weighted by atomic mass is 14.9. The van der Waals surface area contributed by atoms with Crippen LogP contribution in [0.1, 0.15) is 38.8 Å². The lowest BCUT2D eigenvalue weighted by atomic mass is 9.99. The van der Waals surface area contributed by atoms with Crippen LogP contribution in [0.5, 0.6) is 0 Å². The van der Waals surface area contributed by atoms with Gasteiger partial charge in [0, 0.05) is 11.7 Å². The van der Waals surface area contributed by atoms with Crippen molar-refractivity contribution in [2.24, 2.45) is 5.92 Å². The molecule has 0 aliphatic rings. The van der Waals surface area contributed by atoms with Gasteiger partial charge in [0.15, 0.2) is 0 Å². The molecule has 0 aliphatic heterocycles. The third-order valence-electron chi connectivity index (χ3n) is 2.69. The highest BCUT2D eigenvalue weighted by molar-refractivity contribution is 5.40. The Labute approximate surface area is 105 Å². The van der Waals surface area contributed by atoms with Gasteiger partial charge in [0.1, 0.15) is 5.82 Å². The van der Waals surface area contributed by atoms with Crippen LogP contribution in [0.25, 0.3) is 0 Å². The van der Waals surface area contributed by atoms with Gasteiger partial charge >= 0.3 is 0 Å². The zero-order chi connectivity index (χ0) is 13.1. The van der Waals surface area contributed by atoms with Crippen LogP contribution >= 0.6 is 0 Å². The van der Waals surface area contributed by atoms with E-state index in [0.29, 0.717) is 11.7 Å². The van der Waals surface area contributed by atoms with Crippen LogP contribution in [0.3, 0.4) is 0 Å². The molecular formula is C14H25N3. The van der Waals surface area contributed by atoms with E-state index in [1.165, 1.54) is 5.56 Å². The van der Waals surface area contributed by atoms with E-state index >= 15 is 0 Å². The monoisotopic (exact) mass is 235 g/mol. The Morgan fingerprint density at radius 3 is 2.65 bits per heavy atom. The van der Waals surface area contributed by atoms with Gasteiger partial charge < -0.3 is 11.1 Å². The number of pyridine rings is 1. The van der Waals surface area contributed by atoms with Crippen LogP contribution in [0.4, 0.5) is 5.82 Å². The molecule has 1 unspecified atom stereocenters. The molecule has 96 valence electrons. The molecule has 0 radical (unpaired) electrons. The average molecular weight is 235 g/mol. The van der Waals surface area contributed by atoms with Gasteiger partial charge in [-0.05, 0) is 57.7 Å². The van der Waals surface area contributed by atoms with E-state index in [2.05, 4.69) is 44.1 Å². The zero-order valence-corrected chi connectivity index (χ0v) is 11.7. The first kappa shape index (κ1) is 14.0. The number of hydrogen-bond acceptors (Lipinski definition) is 3. The number of rotatable bonds is 4. The zero-order valence-electron chi connectivity index (χ0n) is 11.7. The van der Waals surface area contributed by atoms with Crippen LogP contribution in [0.2, 0.25) is 0 Å². The van der Waals surface area contributed by atoms with Crippen molar-refractivity contribution in [3.05, 3.63) is 23.4 Å². The quantitative estimate of drug-likeness (QED) is 0.843. The SMILES string of the molecule is Cc1cnc(N)c(CC(C)CNC(C)(C)C)c1. The number of nitrogens with one attached hydrogen (secondary N) is 1. The van der Waals surface area contributed by atoms with Crippen LogP contribution in [-0.4, -0.2) is 17.1 Å². The second kappa shape index (κ2) is 5.50. The van der Waals surface area contributed by atoms with Crippen molar-refractivity contribution < 1.29 is 0 Å². The summed E-state index contributed by atoms with van der Waals surface area (Å²) < 4.78 is 0. The van der Waals surface area contributed by atoms with Crippen molar-refractivity contribution >= 4 is 5.82 Å². The fourth-order valence-corrected chi connectivity index (χ4v) is 1.73. The molecule has 0 bridgehead atoms. The van der Waals surface area contributed by atoms with Gasteiger partial charge in [0.25, 0.3) is 0 Å². The van der Waals surface area contributed by atoms with Crippen LogP contribution in [0, 0.1) is 12.8 Å². The minimum absolute atomic E-state index is 0.171. The van der Waals surface area contributed by atoms with E-state index in [1.54, 1.807) is 0 Å². The number of aromatic nitrogens is 1. The molecule has 0 saturated heterocycles. The van der Waals surface area contributed by atoms with Gasteiger partial charge in [-0.15, -0.1) is 0 Å². The molecule has 0 aromatic carbocycles. The summed E-state index contributed by atoms with van der Waals surface area (Å²) in [6, 6.07) is 2.13. The largest absolute Gasteiger partial charge is 0.383 e. The highest BCUT2D eigenvalue weighted by Crippen LogP contribution is 2.15. The molecule has 0 spiro atoms. The van der Waals surface area contributed by atoms with Gasteiger partial charge in [0.05, 0.1) is 0 Å². The smallest absolute Gasteiger partial charge is 0.126 e. The predicted molar refractivity (Wildman–Crippen MR) is 74.0 cm³/mol. The van der Waals surface area contributed by atoms with E-state index in [4.69, 9.17) is 5.73 Å². The molecule has 3 N–H and O–H groups in total. The minimum atomic E-state index is 0.171. The summed E-state index contributed by atoms with van der Waals surface area (Å²) in [6.07, 6.45) is 2.79. The molecule has 3 heteroatoms. The molecule has 0 amide bonds.